The third-order valence-electron chi connectivity index (χ3n) is 3.43. The average Bonchev–Trinajstić information content (AvgIpc) is 2.52. The largest absolute Gasteiger partial charge is 0.367 e. The summed E-state index contributed by atoms with van der Waals surface area (Å²) in [4.78, 5) is 19.8. The monoisotopic (exact) mass is 279 g/mol. The Morgan fingerprint density at radius 3 is 3.00 bits per heavy atom. The summed E-state index contributed by atoms with van der Waals surface area (Å²) >= 11 is 0. The summed E-state index contributed by atoms with van der Waals surface area (Å²) in [6.45, 7) is 0.526. The van der Waals surface area contributed by atoms with Gasteiger partial charge in [0.2, 0.25) is 5.91 Å². The molecule has 0 radical (unpaired) electrons. The Bertz CT molecular complexity index is 722. The number of aromatic nitrogens is 2. The van der Waals surface area contributed by atoms with Crippen LogP contribution in [0.5, 0.6) is 0 Å². The maximum absolute atomic E-state index is 11.8. The number of carbonyl (C=O) groups excluding carboxylic acids is 1. The van der Waals surface area contributed by atoms with Gasteiger partial charge < -0.3 is 10.6 Å². The highest BCUT2D eigenvalue weighted by Gasteiger charge is 2.24. The Labute approximate surface area is 121 Å². The Kier molecular flexibility index (Phi) is 3.48. The summed E-state index contributed by atoms with van der Waals surface area (Å²) in [5.41, 5.74) is 2.19. The van der Waals surface area contributed by atoms with Crippen molar-refractivity contribution in [1.82, 2.24) is 9.97 Å². The van der Waals surface area contributed by atoms with E-state index in [1.807, 2.05) is 30.3 Å². The van der Waals surface area contributed by atoms with E-state index in [9.17, 15) is 4.79 Å². The molecule has 0 aliphatic carbocycles. The number of nitrogens with zero attached hydrogens (tertiary/aromatic N) is 3. The maximum atomic E-state index is 11.8. The van der Waals surface area contributed by atoms with E-state index in [0.717, 1.165) is 11.3 Å². The Morgan fingerprint density at radius 1 is 1.33 bits per heavy atom. The first kappa shape index (κ1) is 13.1. The molecular weight excluding hydrogens is 266 g/mol. The van der Waals surface area contributed by atoms with Crippen LogP contribution in [0.3, 0.4) is 0 Å². The van der Waals surface area contributed by atoms with E-state index in [2.05, 4.69) is 20.6 Å². The average molecular weight is 279 g/mol. The highest BCUT2D eigenvalue weighted by Crippen LogP contribution is 2.31. The van der Waals surface area contributed by atoms with Gasteiger partial charge in [-0.25, -0.2) is 9.97 Å². The highest BCUT2D eigenvalue weighted by molar-refractivity contribution is 5.94. The van der Waals surface area contributed by atoms with Gasteiger partial charge in [0.25, 0.3) is 0 Å². The molecule has 0 bridgehead atoms. The van der Waals surface area contributed by atoms with Gasteiger partial charge in [-0.2, -0.15) is 5.26 Å². The molecule has 2 heterocycles. The second-order valence-electron chi connectivity index (χ2n) is 4.78. The topological polar surface area (TPSA) is 90.7 Å². The number of fused-ring (bicyclic) bond motifs is 1. The second-order valence-corrected chi connectivity index (χ2v) is 4.78. The first-order valence-electron chi connectivity index (χ1n) is 6.61. The lowest BCUT2D eigenvalue weighted by molar-refractivity contribution is -0.116. The van der Waals surface area contributed by atoms with Crippen molar-refractivity contribution in [2.24, 2.45) is 0 Å². The quantitative estimate of drug-likeness (QED) is 0.895. The van der Waals surface area contributed by atoms with Gasteiger partial charge in [0.1, 0.15) is 6.07 Å². The highest BCUT2D eigenvalue weighted by atomic mass is 16.1. The molecule has 6 nitrogen and oxygen atoms in total. The molecular formula is C15H13N5O. The first-order chi connectivity index (χ1) is 10.3. The summed E-state index contributed by atoms with van der Waals surface area (Å²) < 4.78 is 0. The van der Waals surface area contributed by atoms with Crippen LogP contribution in [0.25, 0.3) is 0 Å². The van der Waals surface area contributed by atoms with Crippen LogP contribution >= 0.6 is 0 Å². The zero-order valence-electron chi connectivity index (χ0n) is 11.2. The first-order valence-corrected chi connectivity index (χ1v) is 6.61. The fourth-order valence-corrected chi connectivity index (χ4v) is 2.45. The molecule has 1 aliphatic rings. The zero-order valence-corrected chi connectivity index (χ0v) is 11.2. The van der Waals surface area contributed by atoms with E-state index < -0.39 is 0 Å². The Morgan fingerprint density at radius 2 is 2.14 bits per heavy atom. The SMILES string of the molecule is N#Cc1nccnc1NC[C@H]1CC(=O)Nc2ccccc21. The van der Waals surface area contributed by atoms with Crippen molar-refractivity contribution in [3.63, 3.8) is 0 Å². The molecule has 6 heteroatoms. The third kappa shape index (κ3) is 2.67. The molecule has 1 aliphatic heterocycles. The van der Waals surface area contributed by atoms with Crippen molar-refractivity contribution in [2.75, 3.05) is 17.2 Å². The van der Waals surface area contributed by atoms with Crippen molar-refractivity contribution in [3.8, 4) is 6.07 Å². The summed E-state index contributed by atoms with van der Waals surface area (Å²) in [6, 6.07) is 9.74. The van der Waals surface area contributed by atoms with Crippen LogP contribution in [0.1, 0.15) is 23.6 Å². The number of hydrogen-bond donors (Lipinski definition) is 2. The fourth-order valence-electron chi connectivity index (χ4n) is 2.45. The van der Waals surface area contributed by atoms with Crippen LogP contribution in [0.2, 0.25) is 0 Å². The smallest absolute Gasteiger partial charge is 0.225 e. The maximum Gasteiger partial charge on any atom is 0.225 e. The summed E-state index contributed by atoms with van der Waals surface area (Å²) in [7, 11) is 0. The zero-order chi connectivity index (χ0) is 14.7. The third-order valence-corrected chi connectivity index (χ3v) is 3.43. The molecule has 2 N–H and O–H groups in total. The number of carbonyl (C=O) groups is 1. The van der Waals surface area contributed by atoms with Gasteiger partial charge >= 0.3 is 0 Å². The number of amides is 1. The standard InChI is InChI=1S/C15H13N5O/c16-8-13-15(18-6-5-17-13)19-9-10-7-14(21)20-12-4-2-1-3-11(10)12/h1-6,10H,7,9H2,(H,18,19)(H,20,21)/t10-/m1/s1. The molecule has 0 saturated carbocycles. The van der Waals surface area contributed by atoms with E-state index in [4.69, 9.17) is 5.26 Å². The lowest BCUT2D eigenvalue weighted by Gasteiger charge is -2.25. The van der Waals surface area contributed by atoms with Gasteiger partial charge in [0, 0.05) is 37.0 Å². The van der Waals surface area contributed by atoms with Gasteiger partial charge in [-0.05, 0) is 11.6 Å². The molecule has 0 fully saturated rings. The van der Waals surface area contributed by atoms with E-state index in [-0.39, 0.29) is 17.5 Å². The Balaban J connectivity index is 1.80. The number of benzene rings is 1. The van der Waals surface area contributed by atoms with E-state index in [0.29, 0.717) is 18.8 Å². The molecule has 3 rings (SSSR count). The van der Waals surface area contributed by atoms with Crippen LogP contribution in [0.4, 0.5) is 11.5 Å². The van der Waals surface area contributed by atoms with Crippen LogP contribution in [-0.2, 0) is 4.79 Å². The lowest BCUT2D eigenvalue weighted by atomic mass is 9.90. The molecule has 0 saturated heterocycles. The van der Waals surface area contributed by atoms with Crippen LogP contribution in [-0.4, -0.2) is 22.4 Å². The van der Waals surface area contributed by atoms with Gasteiger partial charge in [-0.1, -0.05) is 18.2 Å². The number of nitrogens with one attached hydrogen (secondary N) is 2. The molecule has 104 valence electrons. The van der Waals surface area contributed by atoms with Gasteiger partial charge in [0.05, 0.1) is 0 Å². The number of hydrogen-bond acceptors (Lipinski definition) is 5. The van der Waals surface area contributed by atoms with Crippen LogP contribution < -0.4 is 10.6 Å². The molecule has 1 aromatic heterocycles. The van der Waals surface area contributed by atoms with Gasteiger partial charge in [-0.15, -0.1) is 0 Å². The molecule has 21 heavy (non-hydrogen) atoms. The minimum atomic E-state index is 0.000141. The number of para-hydroxylation sites is 1. The molecule has 1 atom stereocenters. The minimum Gasteiger partial charge on any atom is -0.367 e. The second kappa shape index (κ2) is 5.59. The molecule has 1 amide bonds. The van der Waals surface area contributed by atoms with Crippen molar-refractivity contribution >= 4 is 17.4 Å². The van der Waals surface area contributed by atoms with Crippen molar-refractivity contribution < 1.29 is 4.79 Å². The van der Waals surface area contributed by atoms with E-state index >= 15 is 0 Å². The van der Waals surface area contributed by atoms with Crippen molar-refractivity contribution in [3.05, 3.63) is 47.9 Å². The lowest BCUT2D eigenvalue weighted by Crippen LogP contribution is -2.27. The number of anilines is 2. The van der Waals surface area contributed by atoms with Gasteiger partial charge in [-0.3, -0.25) is 4.79 Å². The van der Waals surface area contributed by atoms with Crippen molar-refractivity contribution in [2.45, 2.75) is 12.3 Å². The Hall–Kier alpha value is -2.94. The molecule has 1 aromatic carbocycles. The van der Waals surface area contributed by atoms with E-state index in [1.165, 1.54) is 12.4 Å². The molecule has 0 unspecified atom stereocenters. The molecule has 0 spiro atoms. The van der Waals surface area contributed by atoms with Crippen LogP contribution in [0, 0.1) is 11.3 Å². The predicted octanol–water partition coefficient (Wildman–Crippen LogP) is 1.89. The molecule has 2 aromatic rings. The fraction of sp³-hybridized carbons (Fsp3) is 0.200. The number of nitriles is 1. The minimum absolute atomic E-state index is 0.000141. The normalized spacial score (nSPS) is 16.5. The van der Waals surface area contributed by atoms with E-state index in [1.54, 1.807) is 0 Å². The summed E-state index contributed by atoms with van der Waals surface area (Å²) in [6.07, 6.45) is 3.42. The van der Waals surface area contributed by atoms with Gasteiger partial charge in [0.15, 0.2) is 11.5 Å². The summed E-state index contributed by atoms with van der Waals surface area (Å²) in [5.74, 6) is 0.493. The predicted molar refractivity (Wildman–Crippen MR) is 77.7 cm³/mol. The van der Waals surface area contributed by atoms with Crippen molar-refractivity contribution in [1.29, 1.82) is 5.26 Å². The summed E-state index contributed by atoms with van der Waals surface area (Å²) in [5, 5.41) is 15.0. The number of rotatable bonds is 3. The van der Waals surface area contributed by atoms with Crippen LogP contribution in [0.15, 0.2) is 36.7 Å².